The lowest BCUT2D eigenvalue weighted by Gasteiger charge is -2.22. The fourth-order valence-corrected chi connectivity index (χ4v) is 2.59. The lowest BCUT2D eigenvalue weighted by molar-refractivity contribution is -0.133. The molecule has 1 aliphatic rings. The summed E-state index contributed by atoms with van der Waals surface area (Å²) in [6.07, 6.45) is 1.68. The van der Waals surface area contributed by atoms with Gasteiger partial charge in [-0.2, -0.15) is 0 Å². The van der Waals surface area contributed by atoms with Crippen molar-refractivity contribution < 1.29 is 9.53 Å². The number of anilines is 1. The summed E-state index contributed by atoms with van der Waals surface area (Å²) in [6.45, 7) is 2.46. The number of nitrogens with one attached hydrogen (secondary N) is 1. The highest BCUT2D eigenvalue weighted by molar-refractivity contribution is 9.10. The lowest BCUT2D eigenvalue weighted by atomic mass is 10.0. The molecule has 5 heteroatoms. The van der Waals surface area contributed by atoms with Gasteiger partial charge in [0.25, 0.3) is 5.91 Å². The predicted octanol–water partition coefficient (Wildman–Crippen LogP) is 3.61. The molecule has 1 saturated heterocycles. The van der Waals surface area contributed by atoms with E-state index in [1.165, 1.54) is 0 Å². The van der Waals surface area contributed by atoms with Crippen molar-refractivity contribution in [3.05, 3.63) is 27.7 Å². The molecule has 92 valence electrons. The van der Waals surface area contributed by atoms with Crippen molar-refractivity contribution in [2.75, 3.05) is 11.9 Å². The predicted molar refractivity (Wildman–Crippen MR) is 71.4 cm³/mol. The zero-order valence-electron chi connectivity index (χ0n) is 9.43. The molecule has 0 aliphatic carbocycles. The van der Waals surface area contributed by atoms with Crippen molar-refractivity contribution in [3.63, 3.8) is 0 Å². The van der Waals surface area contributed by atoms with Gasteiger partial charge in [-0.1, -0.05) is 11.6 Å². The van der Waals surface area contributed by atoms with E-state index in [0.717, 1.165) is 17.3 Å². The van der Waals surface area contributed by atoms with Gasteiger partial charge in [-0.05, 0) is 53.9 Å². The molecule has 1 aromatic carbocycles. The van der Waals surface area contributed by atoms with Gasteiger partial charge in [0.2, 0.25) is 0 Å². The molecule has 1 aliphatic heterocycles. The van der Waals surface area contributed by atoms with Crippen molar-refractivity contribution in [1.29, 1.82) is 0 Å². The molecule has 0 spiro atoms. The van der Waals surface area contributed by atoms with Crippen LogP contribution < -0.4 is 5.32 Å². The number of hydrogen-bond donors (Lipinski definition) is 1. The van der Waals surface area contributed by atoms with Crippen LogP contribution in [0.25, 0.3) is 0 Å². The van der Waals surface area contributed by atoms with E-state index in [4.69, 9.17) is 16.3 Å². The Morgan fingerprint density at radius 3 is 2.94 bits per heavy atom. The van der Waals surface area contributed by atoms with Crippen LogP contribution in [0.15, 0.2) is 22.7 Å². The minimum absolute atomic E-state index is 0.113. The number of halogens is 2. The van der Waals surface area contributed by atoms with Crippen molar-refractivity contribution >= 4 is 39.1 Å². The summed E-state index contributed by atoms with van der Waals surface area (Å²) in [4.78, 5) is 12.1. The van der Waals surface area contributed by atoms with Crippen LogP contribution >= 0.6 is 27.5 Å². The molecule has 2 rings (SSSR count). The first-order valence-electron chi connectivity index (χ1n) is 5.42. The second-order valence-corrected chi connectivity index (χ2v) is 5.55. The van der Waals surface area contributed by atoms with E-state index in [1.807, 2.05) is 6.92 Å². The molecule has 1 unspecified atom stereocenters. The van der Waals surface area contributed by atoms with Gasteiger partial charge in [0.1, 0.15) is 5.60 Å². The first-order chi connectivity index (χ1) is 8.01. The minimum atomic E-state index is -0.709. The van der Waals surface area contributed by atoms with Crippen LogP contribution in [0.2, 0.25) is 5.02 Å². The molecule has 1 atom stereocenters. The fraction of sp³-hybridized carbons (Fsp3) is 0.417. The number of ether oxygens (including phenoxy) is 1. The van der Waals surface area contributed by atoms with Gasteiger partial charge in [-0.25, -0.2) is 0 Å². The quantitative estimate of drug-likeness (QED) is 0.904. The first kappa shape index (κ1) is 12.9. The third-order valence-corrected chi connectivity index (χ3v) is 3.77. The summed E-state index contributed by atoms with van der Waals surface area (Å²) < 4.78 is 6.25. The zero-order chi connectivity index (χ0) is 12.5. The number of benzene rings is 1. The fourth-order valence-electron chi connectivity index (χ4n) is 1.80. The molecular weight excluding hydrogens is 305 g/mol. The van der Waals surface area contributed by atoms with Gasteiger partial charge in [0.05, 0.1) is 5.69 Å². The molecule has 0 saturated carbocycles. The maximum atomic E-state index is 12.1. The number of rotatable bonds is 2. The third kappa shape index (κ3) is 2.81. The molecule has 17 heavy (non-hydrogen) atoms. The summed E-state index contributed by atoms with van der Waals surface area (Å²) in [6, 6.07) is 5.25. The Morgan fingerprint density at radius 1 is 1.59 bits per heavy atom. The molecule has 1 N–H and O–H groups in total. The third-order valence-electron chi connectivity index (χ3n) is 2.88. The Bertz CT molecular complexity index is 444. The Hall–Kier alpha value is -0.580. The largest absolute Gasteiger partial charge is 0.365 e. The average molecular weight is 319 g/mol. The normalized spacial score (nSPS) is 23.7. The highest BCUT2D eigenvalue weighted by Crippen LogP contribution is 2.30. The van der Waals surface area contributed by atoms with Crippen LogP contribution in [-0.2, 0) is 9.53 Å². The van der Waals surface area contributed by atoms with Crippen molar-refractivity contribution in [3.8, 4) is 0 Å². The maximum absolute atomic E-state index is 12.1. The first-order valence-corrected chi connectivity index (χ1v) is 6.59. The van der Waals surface area contributed by atoms with Crippen LogP contribution in [0.4, 0.5) is 5.69 Å². The zero-order valence-corrected chi connectivity index (χ0v) is 11.8. The molecular formula is C12H13BrClNO2. The Labute approximate surface area is 114 Å². The van der Waals surface area contributed by atoms with Gasteiger partial charge in [-0.15, -0.1) is 0 Å². The lowest BCUT2D eigenvalue weighted by Crippen LogP contribution is -2.39. The standard InChI is InChI=1S/C12H13BrClNO2/c1-12(5-2-6-17-12)11(16)15-10-4-3-8(14)7-9(10)13/h3-4,7H,2,5-6H2,1H3,(H,15,16). The van der Waals surface area contributed by atoms with E-state index in [9.17, 15) is 4.79 Å². The number of carbonyl (C=O) groups excluding carboxylic acids is 1. The summed E-state index contributed by atoms with van der Waals surface area (Å²) in [5, 5.41) is 3.47. The Kier molecular flexibility index (Phi) is 3.76. The molecule has 3 nitrogen and oxygen atoms in total. The van der Waals surface area contributed by atoms with E-state index in [1.54, 1.807) is 18.2 Å². The van der Waals surface area contributed by atoms with E-state index in [2.05, 4.69) is 21.2 Å². The van der Waals surface area contributed by atoms with Crippen LogP contribution in [0, 0.1) is 0 Å². The van der Waals surface area contributed by atoms with Crippen LogP contribution in [-0.4, -0.2) is 18.1 Å². The van der Waals surface area contributed by atoms with Crippen LogP contribution in [0.3, 0.4) is 0 Å². The van der Waals surface area contributed by atoms with Crippen LogP contribution in [0.1, 0.15) is 19.8 Å². The highest BCUT2D eigenvalue weighted by atomic mass is 79.9. The van der Waals surface area contributed by atoms with E-state index in [0.29, 0.717) is 17.3 Å². The van der Waals surface area contributed by atoms with Gasteiger partial charge < -0.3 is 10.1 Å². The van der Waals surface area contributed by atoms with Gasteiger partial charge in [0, 0.05) is 16.1 Å². The summed E-state index contributed by atoms with van der Waals surface area (Å²) >= 11 is 9.20. The molecule has 1 aromatic rings. The molecule has 0 radical (unpaired) electrons. The van der Waals surface area contributed by atoms with Crippen molar-refractivity contribution in [2.24, 2.45) is 0 Å². The van der Waals surface area contributed by atoms with Gasteiger partial charge >= 0.3 is 0 Å². The van der Waals surface area contributed by atoms with Gasteiger partial charge in [-0.3, -0.25) is 4.79 Å². The summed E-state index contributed by atoms with van der Waals surface area (Å²) in [7, 11) is 0. The molecule has 1 amide bonds. The Morgan fingerprint density at radius 2 is 2.35 bits per heavy atom. The molecule has 1 fully saturated rings. The van der Waals surface area contributed by atoms with Crippen molar-refractivity contribution in [2.45, 2.75) is 25.4 Å². The summed E-state index contributed by atoms with van der Waals surface area (Å²) in [5.41, 5.74) is -0.00450. The maximum Gasteiger partial charge on any atom is 0.256 e. The number of amides is 1. The van der Waals surface area contributed by atoms with Crippen LogP contribution in [0.5, 0.6) is 0 Å². The van der Waals surface area contributed by atoms with E-state index < -0.39 is 5.60 Å². The number of hydrogen-bond acceptors (Lipinski definition) is 2. The summed E-state index contributed by atoms with van der Waals surface area (Å²) in [5.74, 6) is -0.113. The average Bonchev–Trinajstić information content (AvgIpc) is 2.71. The molecule has 1 heterocycles. The van der Waals surface area contributed by atoms with Crippen molar-refractivity contribution in [1.82, 2.24) is 0 Å². The highest BCUT2D eigenvalue weighted by Gasteiger charge is 2.37. The SMILES string of the molecule is CC1(C(=O)Nc2ccc(Cl)cc2Br)CCCO1. The monoisotopic (exact) mass is 317 g/mol. The van der Waals surface area contributed by atoms with E-state index in [-0.39, 0.29) is 5.91 Å². The topological polar surface area (TPSA) is 38.3 Å². The Balaban J connectivity index is 2.13. The number of carbonyl (C=O) groups is 1. The second-order valence-electron chi connectivity index (χ2n) is 4.26. The molecule has 0 aromatic heterocycles. The second kappa shape index (κ2) is 4.96. The minimum Gasteiger partial charge on any atom is -0.365 e. The van der Waals surface area contributed by atoms with E-state index >= 15 is 0 Å². The smallest absolute Gasteiger partial charge is 0.256 e. The molecule has 0 bridgehead atoms. The van der Waals surface area contributed by atoms with Gasteiger partial charge in [0.15, 0.2) is 0 Å².